The summed E-state index contributed by atoms with van der Waals surface area (Å²) < 4.78 is 0. The monoisotopic (exact) mass is 232 g/mol. The van der Waals surface area contributed by atoms with Gasteiger partial charge in [0, 0.05) is 12.6 Å². The van der Waals surface area contributed by atoms with E-state index in [-0.39, 0.29) is 17.9 Å². The van der Waals surface area contributed by atoms with Crippen LogP contribution in [0.2, 0.25) is 0 Å². The van der Waals surface area contributed by atoms with Gasteiger partial charge in [-0.2, -0.15) is 0 Å². The number of rotatable bonds is 3. The quantitative estimate of drug-likeness (QED) is 0.835. The van der Waals surface area contributed by atoms with E-state index in [0.29, 0.717) is 6.54 Å². The highest BCUT2D eigenvalue weighted by atomic mass is 16.1. The first-order valence-corrected chi connectivity index (χ1v) is 6.34. The van der Waals surface area contributed by atoms with E-state index in [0.717, 1.165) is 31.2 Å². The molecule has 3 N–H and O–H groups in total. The Labute approximate surface area is 102 Å². The van der Waals surface area contributed by atoms with E-state index in [9.17, 15) is 4.79 Å². The molecule has 1 aliphatic rings. The number of carbonyl (C=O) groups excluding carboxylic acids is 1. The highest BCUT2D eigenvalue weighted by Gasteiger charge is 2.27. The van der Waals surface area contributed by atoms with Gasteiger partial charge >= 0.3 is 0 Å². The largest absolute Gasteiger partial charge is 0.352 e. The van der Waals surface area contributed by atoms with Gasteiger partial charge in [0.25, 0.3) is 0 Å². The van der Waals surface area contributed by atoms with Gasteiger partial charge in [0.05, 0.1) is 5.92 Å². The van der Waals surface area contributed by atoms with Crippen LogP contribution in [0.4, 0.5) is 0 Å². The van der Waals surface area contributed by atoms with Crippen LogP contribution in [0.15, 0.2) is 30.3 Å². The summed E-state index contributed by atoms with van der Waals surface area (Å²) in [6.07, 6.45) is 4.19. The van der Waals surface area contributed by atoms with Crippen LogP contribution in [0, 0.1) is 5.92 Å². The minimum Gasteiger partial charge on any atom is -0.352 e. The van der Waals surface area contributed by atoms with Crippen LogP contribution >= 0.6 is 0 Å². The van der Waals surface area contributed by atoms with Crippen LogP contribution < -0.4 is 11.1 Å². The molecule has 3 heteroatoms. The molecule has 1 aliphatic carbocycles. The summed E-state index contributed by atoms with van der Waals surface area (Å²) in [6.45, 7) is 0.600. The third kappa shape index (κ3) is 3.30. The Balaban J connectivity index is 1.84. The maximum absolute atomic E-state index is 12.0. The van der Waals surface area contributed by atoms with Crippen molar-refractivity contribution in [2.24, 2.45) is 11.7 Å². The van der Waals surface area contributed by atoms with Crippen molar-refractivity contribution >= 4 is 5.91 Å². The zero-order valence-corrected chi connectivity index (χ0v) is 10.1. The Morgan fingerprint density at radius 2 is 1.94 bits per heavy atom. The van der Waals surface area contributed by atoms with Crippen molar-refractivity contribution in [3.63, 3.8) is 0 Å². The van der Waals surface area contributed by atoms with Gasteiger partial charge < -0.3 is 11.1 Å². The van der Waals surface area contributed by atoms with Gasteiger partial charge in [0.1, 0.15) is 0 Å². The van der Waals surface area contributed by atoms with Gasteiger partial charge in [-0.3, -0.25) is 4.79 Å². The second-order valence-corrected chi connectivity index (χ2v) is 4.76. The van der Waals surface area contributed by atoms with Crippen LogP contribution in [0.25, 0.3) is 0 Å². The Morgan fingerprint density at radius 1 is 1.24 bits per heavy atom. The predicted octanol–water partition coefficient (Wildman–Crippen LogP) is 1.82. The maximum Gasteiger partial charge on any atom is 0.224 e. The lowest BCUT2D eigenvalue weighted by Gasteiger charge is -2.27. The molecule has 0 spiro atoms. The van der Waals surface area contributed by atoms with Gasteiger partial charge in [0.15, 0.2) is 0 Å². The fraction of sp³-hybridized carbons (Fsp3) is 0.500. The molecule has 2 atom stereocenters. The molecule has 0 heterocycles. The molecule has 0 saturated heterocycles. The van der Waals surface area contributed by atoms with Crippen LogP contribution in [-0.2, 0) is 11.3 Å². The molecule has 3 nitrogen and oxygen atoms in total. The van der Waals surface area contributed by atoms with Gasteiger partial charge in [0.2, 0.25) is 5.91 Å². The minimum atomic E-state index is 0.00691. The molecular formula is C14H20N2O. The van der Waals surface area contributed by atoms with E-state index < -0.39 is 0 Å². The second kappa shape index (κ2) is 5.82. The van der Waals surface area contributed by atoms with Gasteiger partial charge in [-0.05, 0) is 18.4 Å². The topological polar surface area (TPSA) is 55.1 Å². The summed E-state index contributed by atoms with van der Waals surface area (Å²) in [7, 11) is 0. The van der Waals surface area contributed by atoms with E-state index in [1.54, 1.807) is 0 Å². The summed E-state index contributed by atoms with van der Waals surface area (Å²) in [5, 5.41) is 2.98. The summed E-state index contributed by atoms with van der Waals surface area (Å²) in [5.74, 6) is 0.119. The Kier molecular flexibility index (Phi) is 4.15. The van der Waals surface area contributed by atoms with E-state index >= 15 is 0 Å². The van der Waals surface area contributed by atoms with Crippen molar-refractivity contribution in [3.8, 4) is 0 Å². The van der Waals surface area contributed by atoms with Crippen molar-refractivity contribution < 1.29 is 4.79 Å². The molecule has 1 aromatic rings. The van der Waals surface area contributed by atoms with E-state index in [1.165, 1.54) is 0 Å². The molecule has 2 rings (SSSR count). The molecule has 1 saturated carbocycles. The smallest absolute Gasteiger partial charge is 0.224 e. The van der Waals surface area contributed by atoms with Crippen LogP contribution in [0.1, 0.15) is 31.2 Å². The first kappa shape index (κ1) is 12.1. The number of hydrogen-bond donors (Lipinski definition) is 2. The molecule has 0 aliphatic heterocycles. The zero-order valence-electron chi connectivity index (χ0n) is 10.1. The second-order valence-electron chi connectivity index (χ2n) is 4.76. The molecular weight excluding hydrogens is 212 g/mol. The minimum absolute atomic E-state index is 0.00691. The molecule has 1 fully saturated rings. The normalized spacial score (nSPS) is 24.3. The van der Waals surface area contributed by atoms with E-state index in [1.807, 2.05) is 30.3 Å². The Hall–Kier alpha value is -1.35. The molecule has 1 aromatic carbocycles. The molecule has 0 bridgehead atoms. The van der Waals surface area contributed by atoms with Crippen LogP contribution in [0.3, 0.4) is 0 Å². The molecule has 92 valence electrons. The fourth-order valence-corrected chi connectivity index (χ4v) is 2.40. The number of amides is 1. The summed E-state index contributed by atoms with van der Waals surface area (Å²) >= 11 is 0. The fourth-order valence-electron chi connectivity index (χ4n) is 2.40. The molecule has 0 aromatic heterocycles. The number of nitrogens with one attached hydrogen (secondary N) is 1. The summed E-state index contributed by atoms with van der Waals surface area (Å²) in [6, 6.07) is 10.0. The Morgan fingerprint density at radius 3 is 2.65 bits per heavy atom. The zero-order chi connectivity index (χ0) is 12.1. The average molecular weight is 232 g/mol. The third-order valence-electron chi connectivity index (χ3n) is 3.47. The molecule has 1 amide bonds. The third-order valence-corrected chi connectivity index (χ3v) is 3.47. The van der Waals surface area contributed by atoms with Gasteiger partial charge in [-0.25, -0.2) is 0 Å². The highest BCUT2D eigenvalue weighted by Crippen LogP contribution is 2.23. The standard InChI is InChI=1S/C14H20N2O/c15-13-9-5-4-8-12(13)14(17)16-10-11-6-2-1-3-7-11/h1-3,6-7,12-13H,4-5,8-10,15H2,(H,16,17). The number of hydrogen-bond acceptors (Lipinski definition) is 2. The SMILES string of the molecule is NC1CCCCC1C(=O)NCc1ccccc1. The van der Waals surface area contributed by atoms with Crippen molar-refractivity contribution in [2.75, 3.05) is 0 Å². The maximum atomic E-state index is 12.0. The van der Waals surface area contributed by atoms with E-state index in [4.69, 9.17) is 5.73 Å². The van der Waals surface area contributed by atoms with Crippen molar-refractivity contribution in [3.05, 3.63) is 35.9 Å². The van der Waals surface area contributed by atoms with Crippen molar-refractivity contribution in [2.45, 2.75) is 38.3 Å². The summed E-state index contributed by atoms with van der Waals surface area (Å²) in [5.41, 5.74) is 7.12. The van der Waals surface area contributed by atoms with Crippen molar-refractivity contribution in [1.82, 2.24) is 5.32 Å². The van der Waals surface area contributed by atoms with Crippen LogP contribution in [0.5, 0.6) is 0 Å². The highest BCUT2D eigenvalue weighted by molar-refractivity contribution is 5.79. The van der Waals surface area contributed by atoms with Crippen LogP contribution in [-0.4, -0.2) is 11.9 Å². The molecule has 2 unspecified atom stereocenters. The molecule has 17 heavy (non-hydrogen) atoms. The van der Waals surface area contributed by atoms with Crippen molar-refractivity contribution in [1.29, 1.82) is 0 Å². The lowest BCUT2D eigenvalue weighted by molar-refractivity contribution is -0.126. The Bertz CT molecular complexity index is 364. The van der Waals surface area contributed by atoms with Gasteiger partial charge in [-0.15, -0.1) is 0 Å². The first-order chi connectivity index (χ1) is 8.27. The predicted molar refractivity (Wildman–Crippen MR) is 68.2 cm³/mol. The lowest BCUT2D eigenvalue weighted by atomic mass is 9.84. The number of carbonyl (C=O) groups is 1. The number of nitrogens with two attached hydrogens (primary N) is 1. The van der Waals surface area contributed by atoms with Gasteiger partial charge in [-0.1, -0.05) is 43.2 Å². The summed E-state index contributed by atoms with van der Waals surface area (Å²) in [4.78, 5) is 12.0. The number of benzene rings is 1. The lowest BCUT2D eigenvalue weighted by Crippen LogP contribution is -2.43. The first-order valence-electron chi connectivity index (χ1n) is 6.34. The van der Waals surface area contributed by atoms with E-state index in [2.05, 4.69) is 5.32 Å². The average Bonchev–Trinajstić information content (AvgIpc) is 2.38. The molecule has 0 radical (unpaired) electrons.